The van der Waals surface area contributed by atoms with E-state index in [0.717, 1.165) is 11.3 Å². The smallest absolute Gasteiger partial charge is 0.224 e. The third kappa shape index (κ3) is 5.31. The Morgan fingerprint density at radius 3 is 2.25 bits per heavy atom. The van der Waals surface area contributed by atoms with Gasteiger partial charge < -0.3 is 15.7 Å². The Kier molecular flexibility index (Phi) is 5.72. The number of aliphatic hydroxyl groups excluding tert-OH is 1. The number of hydrogen-bond donors (Lipinski definition) is 3. The topological polar surface area (TPSA) is 61.4 Å². The van der Waals surface area contributed by atoms with Crippen LogP contribution in [0.5, 0.6) is 0 Å². The minimum absolute atomic E-state index is 0.0129. The molecule has 0 aliphatic heterocycles. The number of benzene rings is 1. The molecule has 3 N–H and O–H groups in total. The van der Waals surface area contributed by atoms with Gasteiger partial charge in [0.05, 0.1) is 6.10 Å². The molecule has 1 rings (SSSR count). The summed E-state index contributed by atoms with van der Waals surface area (Å²) in [6.45, 7) is 9.98. The average molecular weight is 278 g/mol. The Bertz CT molecular complexity index is 435. The van der Waals surface area contributed by atoms with E-state index in [4.69, 9.17) is 0 Å². The van der Waals surface area contributed by atoms with E-state index in [1.54, 1.807) is 0 Å². The molecule has 0 aliphatic carbocycles. The molecule has 0 saturated heterocycles. The van der Waals surface area contributed by atoms with Crippen molar-refractivity contribution in [3.63, 3.8) is 0 Å². The molecule has 1 amide bonds. The first-order valence-corrected chi connectivity index (χ1v) is 7.08. The average Bonchev–Trinajstić information content (AvgIpc) is 2.36. The Labute approximate surface area is 121 Å². The predicted molar refractivity (Wildman–Crippen MR) is 82.7 cm³/mol. The van der Waals surface area contributed by atoms with Crippen molar-refractivity contribution in [2.75, 3.05) is 5.32 Å². The molecule has 4 nitrogen and oxygen atoms in total. The van der Waals surface area contributed by atoms with Crippen molar-refractivity contribution in [3.05, 3.63) is 29.8 Å². The molecule has 1 aromatic carbocycles. The van der Waals surface area contributed by atoms with Gasteiger partial charge in [0.2, 0.25) is 5.91 Å². The number of rotatable bonds is 5. The maximum atomic E-state index is 11.3. The number of nitrogens with one attached hydrogen (secondary N) is 2. The van der Waals surface area contributed by atoms with Crippen LogP contribution in [0.2, 0.25) is 0 Å². The Morgan fingerprint density at radius 2 is 1.80 bits per heavy atom. The normalized spacial score (nSPS) is 14.7. The predicted octanol–water partition coefficient (Wildman–Crippen LogP) is 2.85. The summed E-state index contributed by atoms with van der Waals surface area (Å²) in [6, 6.07) is 7.27. The van der Waals surface area contributed by atoms with Crippen molar-refractivity contribution in [1.82, 2.24) is 5.32 Å². The van der Waals surface area contributed by atoms with Gasteiger partial charge in [0, 0.05) is 23.7 Å². The highest BCUT2D eigenvalue weighted by molar-refractivity contribution is 5.90. The Morgan fingerprint density at radius 1 is 1.25 bits per heavy atom. The van der Waals surface area contributed by atoms with Gasteiger partial charge in [0.1, 0.15) is 0 Å². The number of hydrogen-bond acceptors (Lipinski definition) is 3. The quantitative estimate of drug-likeness (QED) is 0.776. The molecule has 0 radical (unpaired) electrons. The summed E-state index contributed by atoms with van der Waals surface area (Å²) in [5, 5.41) is 16.5. The van der Waals surface area contributed by atoms with Crippen LogP contribution in [0, 0.1) is 0 Å². The highest BCUT2D eigenvalue weighted by atomic mass is 16.3. The van der Waals surface area contributed by atoms with Crippen LogP contribution < -0.4 is 10.6 Å². The second kappa shape index (κ2) is 6.86. The van der Waals surface area contributed by atoms with E-state index in [1.807, 2.05) is 38.1 Å². The largest absolute Gasteiger partial charge is 0.387 e. The fraction of sp³-hybridized carbons (Fsp3) is 0.562. The summed E-state index contributed by atoms with van der Waals surface area (Å²) in [5.74, 6) is -0.0129. The second-order valence-corrected chi connectivity index (χ2v) is 6.15. The number of amides is 1. The van der Waals surface area contributed by atoms with Gasteiger partial charge in [-0.25, -0.2) is 0 Å². The molecule has 112 valence electrons. The highest BCUT2D eigenvalue weighted by Crippen LogP contribution is 2.20. The maximum absolute atomic E-state index is 11.3. The molecule has 1 aromatic rings. The lowest BCUT2D eigenvalue weighted by Gasteiger charge is -2.29. The lowest BCUT2D eigenvalue weighted by Crippen LogP contribution is -2.44. The van der Waals surface area contributed by atoms with Crippen LogP contribution in [0.1, 0.15) is 52.7 Å². The fourth-order valence-corrected chi connectivity index (χ4v) is 2.06. The van der Waals surface area contributed by atoms with Crippen LogP contribution in [0.3, 0.4) is 0 Å². The van der Waals surface area contributed by atoms with Gasteiger partial charge in [-0.2, -0.15) is 0 Å². The summed E-state index contributed by atoms with van der Waals surface area (Å²) >= 11 is 0. The molecule has 2 atom stereocenters. The van der Waals surface area contributed by atoms with Crippen LogP contribution in [0.25, 0.3) is 0 Å². The van der Waals surface area contributed by atoms with E-state index in [-0.39, 0.29) is 17.5 Å². The molecule has 0 aromatic heterocycles. The van der Waals surface area contributed by atoms with Gasteiger partial charge in [-0.15, -0.1) is 0 Å². The van der Waals surface area contributed by atoms with Gasteiger partial charge in [0.25, 0.3) is 0 Å². The van der Waals surface area contributed by atoms with Crippen LogP contribution >= 0.6 is 0 Å². The van der Waals surface area contributed by atoms with E-state index in [2.05, 4.69) is 31.4 Å². The van der Waals surface area contributed by atoms with Gasteiger partial charge in [0.15, 0.2) is 0 Å². The zero-order valence-corrected chi connectivity index (χ0v) is 13.0. The summed E-state index contributed by atoms with van der Waals surface area (Å²) in [5.41, 5.74) is 1.54. The molecular formula is C16H26N2O2. The van der Waals surface area contributed by atoms with Crippen LogP contribution in [-0.2, 0) is 4.79 Å². The zero-order valence-electron chi connectivity index (χ0n) is 13.0. The van der Waals surface area contributed by atoms with Crippen molar-refractivity contribution in [2.24, 2.45) is 0 Å². The number of aliphatic hydroxyl groups is 1. The van der Waals surface area contributed by atoms with E-state index < -0.39 is 6.10 Å². The molecule has 0 heterocycles. The molecule has 0 spiro atoms. The molecule has 4 heteroatoms. The number of anilines is 1. The van der Waals surface area contributed by atoms with E-state index in [0.29, 0.717) is 6.42 Å². The molecule has 20 heavy (non-hydrogen) atoms. The maximum Gasteiger partial charge on any atom is 0.224 e. The fourth-order valence-electron chi connectivity index (χ4n) is 2.06. The van der Waals surface area contributed by atoms with Crippen molar-refractivity contribution >= 4 is 11.6 Å². The monoisotopic (exact) mass is 278 g/mol. The summed E-state index contributed by atoms with van der Waals surface area (Å²) in [4.78, 5) is 11.3. The molecule has 2 unspecified atom stereocenters. The third-order valence-corrected chi connectivity index (χ3v) is 2.99. The molecule has 0 saturated carbocycles. The van der Waals surface area contributed by atoms with Crippen LogP contribution in [0.15, 0.2) is 24.3 Å². The molecule has 0 aliphatic rings. The first-order chi connectivity index (χ1) is 9.23. The minimum Gasteiger partial charge on any atom is -0.387 e. The molecular weight excluding hydrogens is 252 g/mol. The first kappa shape index (κ1) is 16.7. The zero-order chi connectivity index (χ0) is 15.3. The van der Waals surface area contributed by atoms with Crippen molar-refractivity contribution < 1.29 is 9.90 Å². The SMILES string of the molecule is CCC(=O)Nc1ccc(C(O)C(C)NC(C)(C)C)cc1. The molecule has 0 bridgehead atoms. The van der Waals surface area contributed by atoms with Gasteiger partial charge in [-0.1, -0.05) is 19.1 Å². The summed E-state index contributed by atoms with van der Waals surface area (Å²) < 4.78 is 0. The van der Waals surface area contributed by atoms with Gasteiger partial charge in [-0.05, 0) is 45.4 Å². The lowest BCUT2D eigenvalue weighted by molar-refractivity contribution is -0.115. The standard InChI is InChI=1S/C16H26N2O2/c1-6-14(19)17-13-9-7-12(8-10-13)15(20)11(2)18-16(3,4)5/h7-11,15,18,20H,6H2,1-5H3,(H,17,19). The van der Waals surface area contributed by atoms with Crippen molar-refractivity contribution in [2.45, 2.75) is 58.7 Å². The number of carbonyl (C=O) groups is 1. The summed E-state index contributed by atoms with van der Waals surface area (Å²) in [6.07, 6.45) is -0.123. The van der Waals surface area contributed by atoms with Crippen LogP contribution in [0.4, 0.5) is 5.69 Å². The second-order valence-electron chi connectivity index (χ2n) is 6.15. The van der Waals surface area contributed by atoms with E-state index in [9.17, 15) is 9.90 Å². The van der Waals surface area contributed by atoms with Crippen molar-refractivity contribution in [3.8, 4) is 0 Å². The third-order valence-electron chi connectivity index (χ3n) is 2.99. The summed E-state index contributed by atoms with van der Waals surface area (Å²) in [7, 11) is 0. The van der Waals surface area contributed by atoms with Crippen molar-refractivity contribution in [1.29, 1.82) is 0 Å². The van der Waals surface area contributed by atoms with E-state index >= 15 is 0 Å². The lowest BCUT2D eigenvalue weighted by atomic mass is 10.00. The highest BCUT2D eigenvalue weighted by Gasteiger charge is 2.21. The Balaban J connectivity index is 2.70. The molecule has 0 fully saturated rings. The minimum atomic E-state index is -0.579. The van der Waals surface area contributed by atoms with Crippen LogP contribution in [-0.4, -0.2) is 22.6 Å². The van der Waals surface area contributed by atoms with E-state index in [1.165, 1.54) is 0 Å². The number of carbonyl (C=O) groups excluding carboxylic acids is 1. The van der Waals surface area contributed by atoms with Gasteiger partial charge in [-0.3, -0.25) is 4.79 Å². The first-order valence-electron chi connectivity index (χ1n) is 7.08. The van der Waals surface area contributed by atoms with Gasteiger partial charge >= 0.3 is 0 Å². The Hall–Kier alpha value is -1.39.